The smallest absolute Gasteiger partial charge is 0.126 e. The van der Waals surface area contributed by atoms with Crippen LogP contribution < -0.4 is 5.32 Å². The van der Waals surface area contributed by atoms with E-state index in [1.807, 2.05) is 24.4 Å². The van der Waals surface area contributed by atoms with Gasteiger partial charge >= 0.3 is 0 Å². The number of rotatable bonds is 2. The zero-order valence-electron chi connectivity index (χ0n) is 9.39. The minimum Gasteiger partial charge on any atom is -0.378 e. The summed E-state index contributed by atoms with van der Waals surface area (Å²) in [5, 5.41) is 3.36. The summed E-state index contributed by atoms with van der Waals surface area (Å²) in [5.41, 5.74) is 1.84. The monoisotopic (exact) mass is 230 g/mol. The standard InChI is InChI=1S/C12H14N4O/c1-2-4-13-9(3-1)10-7-15-12(16-10)11-8-17-6-5-14-11/h1-4,7,11,14H,5-6,8H2,(H,15,16). The number of morpholine rings is 1. The number of pyridine rings is 1. The Labute approximate surface area is 99.3 Å². The summed E-state index contributed by atoms with van der Waals surface area (Å²) < 4.78 is 5.41. The van der Waals surface area contributed by atoms with Crippen LogP contribution in [0, 0.1) is 0 Å². The minimum absolute atomic E-state index is 0.154. The van der Waals surface area contributed by atoms with E-state index in [1.165, 1.54) is 0 Å². The molecule has 0 aliphatic carbocycles. The molecular formula is C12H14N4O. The quantitative estimate of drug-likeness (QED) is 0.812. The molecule has 0 aromatic carbocycles. The van der Waals surface area contributed by atoms with Crippen LogP contribution in [0.4, 0.5) is 0 Å². The van der Waals surface area contributed by atoms with Gasteiger partial charge in [0.15, 0.2) is 0 Å². The highest BCUT2D eigenvalue weighted by atomic mass is 16.5. The van der Waals surface area contributed by atoms with E-state index < -0.39 is 0 Å². The van der Waals surface area contributed by atoms with E-state index in [4.69, 9.17) is 4.74 Å². The van der Waals surface area contributed by atoms with E-state index in [0.717, 1.165) is 30.4 Å². The third-order valence-corrected chi connectivity index (χ3v) is 2.79. The van der Waals surface area contributed by atoms with E-state index in [1.54, 1.807) is 6.20 Å². The van der Waals surface area contributed by atoms with E-state index in [2.05, 4.69) is 20.3 Å². The van der Waals surface area contributed by atoms with Crippen molar-refractivity contribution in [3.63, 3.8) is 0 Å². The molecule has 17 heavy (non-hydrogen) atoms. The Balaban J connectivity index is 1.83. The van der Waals surface area contributed by atoms with Crippen LogP contribution in [0.15, 0.2) is 30.6 Å². The van der Waals surface area contributed by atoms with Crippen LogP contribution in [0.1, 0.15) is 11.9 Å². The summed E-state index contributed by atoms with van der Waals surface area (Å²) in [6.07, 6.45) is 3.59. The fraction of sp³-hybridized carbons (Fsp3) is 0.333. The maximum absolute atomic E-state index is 5.41. The van der Waals surface area contributed by atoms with Gasteiger partial charge in [0.05, 0.1) is 36.8 Å². The van der Waals surface area contributed by atoms with Crippen molar-refractivity contribution in [1.29, 1.82) is 0 Å². The molecular weight excluding hydrogens is 216 g/mol. The van der Waals surface area contributed by atoms with Gasteiger partial charge < -0.3 is 15.0 Å². The molecule has 1 atom stereocenters. The Morgan fingerprint density at radius 3 is 3.06 bits per heavy atom. The molecule has 0 saturated carbocycles. The molecule has 1 aliphatic rings. The van der Waals surface area contributed by atoms with E-state index in [0.29, 0.717) is 6.61 Å². The lowest BCUT2D eigenvalue weighted by atomic mass is 10.2. The largest absolute Gasteiger partial charge is 0.378 e. The normalized spacial score (nSPS) is 20.4. The minimum atomic E-state index is 0.154. The van der Waals surface area contributed by atoms with Gasteiger partial charge in [-0.15, -0.1) is 0 Å². The van der Waals surface area contributed by atoms with Crippen LogP contribution in [0.5, 0.6) is 0 Å². The zero-order chi connectivity index (χ0) is 11.5. The average Bonchev–Trinajstić information content (AvgIpc) is 2.90. The number of imidazole rings is 1. The summed E-state index contributed by atoms with van der Waals surface area (Å²) in [6.45, 7) is 2.30. The van der Waals surface area contributed by atoms with Crippen LogP contribution in [-0.2, 0) is 4.74 Å². The maximum Gasteiger partial charge on any atom is 0.126 e. The number of ether oxygens (including phenoxy) is 1. The summed E-state index contributed by atoms with van der Waals surface area (Å²) in [5.74, 6) is 0.908. The molecule has 88 valence electrons. The van der Waals surface area contributed by atoms with E-state index in [-0.39, 0.29) is 6.04 Å². The first kappa shape index (κ1) is 10.4. The van der Waals surface area contributed by atoms with Crippen molar-refractivity contribution in [1.82, 2.24) is 20.3 Å². The molecule has 1 fully saturated rings. The zero-order valence-corrected chi connectivity index (χ0v) is 9.39. The van der Waals surface area contributed by atoms with Crippen LogP contribution in [0.2, 0.25) is 0 Å². The lowest BCUT2D eigenvalue weighted by molar-refractivity contribution is 0.0745. The second-order valence-corrected chi connectivity index (χ2v) is 3.98. The molecule has 2 aromatic heterocycles. The highest BCUT2D eigenvalue weighted by molar-refractivity contribution is 5.52. The fourth-order valence-corrected chi connectivity index (χ4v) is 1.91. The Kier molecular flexibility index (Phi) is 2.85. The molecule has 0 bridgehead atoms. The summed E-state index contributed by atoms with van der Waals surface area (Å²) in [4.78, 5) is 11.9. The topological polar surface area (TPSA) is 62.8 Å². The second-order valence-electron chi connectivity index (χ2n) is 3.98. The maximum atomic E-state index is 5.41. The SMILES string of the molecule is c1ccc(-c2cnc(C3COCCN3)[nH]2)nc1. The lowest BCUT2D eigenvalue weighted by Crippen LogP contribution is -2.35. The van der Waals surface area contributed by atoms with Gasteiger partial charge in [-0.1, -0.05) is 6.07 Å². The first-order valence-corrected chi connectivity index (χ1v) is 5.71. The van der Waals surface area contributed by atoms with Crippen LogP contribution in [0.25, 0.3) is 11.4 Å². The van der Waals surface area contributed by atoms with Gasteiger partial charge in [0.25, 0.3) is 0 Å². The predicted octanol–water partition coefficient (Wildman–Crippen LogP) is 1.13. The van der Waals surface area contributed by atoms with Gasteiger partial charge in [-0.25, -0.2) is 4.98 Å². The summed E-state index contributed by atoms with van der Waals surface area (Å²) >= 11 is 0. The molecule has 5 heteroatoms. The lowest BCUT2D eigenvalue weighted by Gasteiger charge is -2.21. The van der Waals surface area contributed by atoms with Crippen LogP contribution >= 0.6 is 0 Å². The average molecular weight is 230 g/mol. The van der Waals surface area contributed by atoms with E-state index in [9.17, 15) is 0 Å². The molecule has 1 unspecified atom stereocenters. The predicted molar refractivity (Wildman–Crippen MR) is 63.4 cm³/mol. The molecule has 2 N–H and O–H groups in total. The van der Waals surface area contributed by atoms with Crippen molar-refractivity contribution in [2.75, 3.05) is 19.8 Å². The number of nitrogens with one attached hydrogen (secondary N) is 2. The Bertz CT molecular complexity index is 476. The Morgan fingerprint density at radius 2 is 2.29 bits per heavy atom. The van der Waals surface area contributed by atoms with Gasteiger partial charge in [0.1, 0.15) is 5.82 Å². The number of aromatic amines is 1. The van der Waals surface area contributed by atoms with Crippen molar-refractivity contribution in [3.8, 4) is 11.4 Å². The van der Waals surface area contributed by atoms with Gasteiger partial charge in [0.2, 0.25) is 0 Å². The highest BCUT2D eigenvalue weighted by Gasteiger charge is 2.18. The number of hydrogen-bond donors (Lipinski definition) is 2. The third-order valence-electron chi connectivity index (χ3n) is 2.79. The van der Waals surface area contributed by atoms with E-state index >= 15 is 0 Å². The molecule has 0 radical (unpaired) electrons. The Hall–Kier alpha value is -1.72. The van der Waals surface area contributed by atoms with Crippen LogP contribution in [0.3, 0.4) is 0 Å². The molecule has 3 heterocycles. The van der Waals surface area contributed by atoms with Crippen LogP contribution in [-0.4, -0.2) is 34.7 Å². The molecule has 1 aliphatic heterocycles. The molecule has 3 rings (SSSR count). The first-order chi connectivity index (χ1) is 8.43. The number of hydrogen-bond acceptors (Lipinski definition) is 4. The van der Waals surface area contributed by atoms with Gasteiger partial charge in [-0.3, -0.25) is 4.98 Å². The summed E-state index contributed by atoms with van der Waals surface area (Å²) in [6, 6.07) is 5.98. The number of aromatic nitrogens is 3. The number of H-pyrrole nitrogens is 1. The highest BCUT2D eigenvalue weighted by Crippen LogP contribution is 2.18. The second kappa shape index (κ2) is 4.65. The van der Waals surface area contributed by atoms with Crippen molar-refractivity contribution >= 4 is 0 Å². The first-order valence-electron chi connectivity index (χ1n) is 5.71. The number of nitrogens with zero attached hydrogens (tertiary/aromatic N) is 2. The van der Waals surface area contributed by atoms with Crippen molar-refractivity contribution < 1.29 is 4.74 Å². The van der Waals surface area contributed by atoms with Crippen molar-refractivity contribution in [3.05, 3.63) is 36.4 Å². The third kappa shape index (κ3) is 2.20. The summed E-state index contributed by atoms with van der Waals surface area (Å²) in [7, 11) is 0. The van der Waals surface area contributed by atoms with Crippen molar-refractivity contribution in [2.24, 2.45) is 0 Å². The van der Waals surface area contributed by atoms with Crippen molar-refractivity contribution in [2.45, 2.75) is 6.04 Å². The van der Waals surface area contributed by atoms with Gasteiger partial charge in [-0.05, 0) is 12.1 Å². The van der Waals surface area contributed by atoms with Gasteiger partial charge in [-0.2, -0.15) is 0 Å². The molecule has 1 saturated heterocycles. The molecule has 0 spiro atoms. The van der Waals surface area contributed by atoms with Gasteiger partial charge in [0, 0.05) is 12.7 Å². The molecule has 5 nitrogen and oxygen atoms in total. The Morgan fingerprint density at radius 1 is 1.29 bits per heavy atom. The molecule has 2 aromatic rings. The molecule has 0 amide bonds. The fourth-order valence-electron chi connectivity index (χ4n) is 1.91.